The van der Waals surface area contributed by atoms with Gasteiger partial charge in [-0.15, -0.1) is 0 Å². The van der Waals surface area contributed by atoms with Crippen LogP contribution >= 0.6 is 11.5 Å². The summed E-state index contributed by atoms with van der Waals surface area (Å²) < 4.78 is 8.06. The molecule has 1 atom stereocenters. The van der Waals surface area contributed by atoms with E-state index in [4.69, 9.17) is 9.48 Å². The van der Waals surface area contributed by atoms with E-state index in [0.717, 1.165) is 34.6 Å². The Morgan fingerprint density at radius 2 is 2.04 bits per heavy atom. The summed E-state index contributed by atoms with van der Waals surface area (Å²) in [6, 6.07) is 10.5. The van der Waals surface area contributed by atoms with Crippen molar-refractivity contribution in [2.24, 2.45) is 0 Å². The Bertz CT molecular complexity index is 926. The molecule has 4 rings (SSSR count). The van der Waals surface area contributed by atoms with Crippen LogP contribution in [-0.2, 0) is 0 Å². The highest BCUT2D eigenvalue weighted by molar-refractivity contribution is 7.14. The minimum atomic E-state index is -0.955. The normalized spacial score (nSPS) is 17.4. The molecule has 1 unspecified atom stereocenters. The van der Waals surface area contributed by atoms with Crippen LogP contribution in [0.3, 0.4) is 0 Å². The van der Waals surface area contributed by atoms with Gasteiger partial charge >= 0.3 is 6.09 Å². The lowest BCUT2D eigenvalue weighted by Crippen LogP contribution is -2.36. The number of anilines is 1. The van der Waals surface area contributed by atoms with Crippen LogP contribution in [-0.4, -0.2) is 39.3 Å². The van der Waals surface area contributed by atoms with Crippen molar-refractivity contribution in [2.45, 2.75) is 26.3 Å². The second-order valence-corrected chi connectivity index (χ2v) is 7.27. The molecule has 1 saturated heterocycles. The molecule has 6 nitrogen and oxygen atoms in total. The summed E-state index contributed by atoms with van der Waals surface area (Å²) in [5.41, 5.74) is 3.47. The molecule has 1 aliphatic rings. The molecule has 1 fully saturated rings. The molecule has 0 spiro atoms. The maximum atomic E-state index is 10.9. The Hall–Kier alpha value is -2.54. The van der Waals surface area contributed by atoms with Gasteiger partial charge in [-0.1, -0.05) is 6.07 Å². The molecule has 2 N–H and O–H groups in total. The standard InChI is InChI=1S/C18H20N4O2S/c1-11-6-7-12(2)22(11)17-14-4-3-5-15(16(14)25-20-17)21-9-8-13(10-21)19-18(23)24/h3-7,13,19H,8-10H2,1-2H3,(H,23,24). The average molecular weight is 356 g/mol. The van der Waals surface area contributed by atoms with Gasteiger partial charge in [-0.25, -0.2) is 4.79 Å². The van der Waals surface area contributed by atoms with Crippen molar-refractivity contribution in [3.05, 3.63) is 41.7 Å². The van der Waals surface area contributed by atoms with Gasteiger partial charge in [0.05, 0.1) is 16.4 Å². The number of nitrogens with zero attached hydrogens (tertiary/aromatic N) is 3. The number of amides is 1. The van der Waals surface area contributed by atoms with Gasteiger partial charge in [-0.2, -0.15) is 4.37 Å². The van der Waals surface area contributed by atoms with Crippen molar-refractivity contribution in [1.82, 2.24) is 14.3 Å². The Morgan fingerprint density at radius 3 is 2.76 bits per heavy atom. The molecule has 1 amide bonds. The lowest BCUT2D eigenvalue weighted by atomic mass is 10.2. The molecule has 0 radical (unpaired) electrons. The van der Waals surface area contributed by atoms with Crippen LogP contribution in [0, 0.1) is 13.8 Å². The predicted octanol–water partition coefficient (Wildman–Crippen LogP) is 3.55. The third-order valence-electron chi connectivity index (χ3n) is 4.80. The second kappa shape index (κ2) is 6.07. The number of aryl methyl sites for hydroxylation is 2. The number of hydrogen-bond acceptors (Lipinski definition) is 4. The van der Waals surface area contributed by atoms with Crippen LogP contribution in [0.1, 0.15) is 17.8 Å². The highest BCUT2D eigenvalue weighted by atomic mass is 32.1. The number of hydrogen-bond donors (Lipinski definition) is 2. The number of nitrogens with one attached hydrogen (secondary N) is 1. The van der Waals surface area contributed by atoms with Crippen LogP contribution in [0.4, 0.5) is 10.5 Å². The SMILES string of the molecule is Cc1ccc(C)n1-c1nsc2c(N3CCC(NC(=O)O)C3)cccc12. The van der Waals surface area contributed by atoms with Crippen molar-refractivity contribution in [3.8, 4) is 5.82 Å². The first-order valence-corrected chi connectivity index (χ1v) is 9.10. The molecule has 1 aliphatic heterocycles. The van der Waals surface area contributed by atoms with Crippen LogP contribution in [0.15, 0.2) is 30.3 Å². The van der Waals surface area contributed by atoms with Gasteiger partial charge < -0.3 is 19.9 Å². The minimum Gasteiger partial charge on any atom is -0.465 e. The number of fused-ring (bicyclic) bond motifs is 1. The summed E-state index contributed by atoms with van der Waals surface area (Å²) >= 11 is 1.51. The zero-order valence-electron chi connectivity index (χ0n) is 14.2. The molecule has 1 aromatic carbocycles. The molecule has 3 aromatic rings. The van der Waals surface area contributed by atoms with Crippen molar-refractivity contribution in [2.75, 3.05) is 18.0 Å². The highest BCUT2D eigenvalue weighted by Crippen LogP contribution is 2.36. The lowest BCUT2D eigenvalue weighted by molar-refractivity contribution is 0.191. The molecule has 0 bridgehead atoms. The van der Waals surface area contributed by atoms with Crippen LogP contribution in [0.5, 0.6) is 0 Å². The molecule has 0 saturated carbocycles. The number of benzene rings is 1. The first-order chi connectivity index (χ1) is 12.0. The topological polar surface area (TPSA) is 70.4 Å². The Kier molecular flexibility index (Phi) is 3.88. The van der Waals surface area contributed by atoms with E-state index in [1.807, 2.05) is 0 Å². The van der Waals surface area contributed by atoms with Gasteiger partial charge in [-0.05, 0) is 56.1 Å². The van der Waals surface area contributed by atoms with E-state index >= 15 is 0 Å². The Labute approximate surface area is 149 Å². The molecule has 7 heteroatoms. The summed E-state index contributed by atoms with van der Waals surface area (Å²) in [6.07, 6.45) is -0.131. The third kappa shape index (κ3) is 2.74. The zero-order valence-corrected chi connectivity index (χ0v) is 15.0. The van der Waals surface area contributed by atoms with E-state index < -0.39 is 6.09 Å². The van der Waals surface area contributed by atoms with E-state index in [1.165, 1.54) is 22.9 Å². The van der Waals surface area contributed by atoms with Gasteiger partial charge in [0.25, 0.3) is 0 Å². The number of carbonyl (C=O) groups is 1. The zero-order chi connectivity index (χ0) is 17.6. The first kappa shape index (κ1) is 16.0. The molecule has 130 valence electrons. The largest absolute Gasteiger partial charge is 0.465 e. The summed E-state index contributed by atoms with van der Waals surface area (Å²) in [6.45, 7) is 5.72. The summed E-state index contributed by atoms with van der Waals surface area (Å²) in [5, 5.41) is 12.7. The van der Waals surface area contributed by atoms with E-state index in [2.05, 4.69) is 59.0 Å². The average Bonchev–Trinajstić information content (AvgIpc) is 3.26. The van der Waals surface area contributed by atoms with Crippen LogP contribution in [0.25, 0.3) is 15.9 Å². The van der Waals surface area contributed by atoms with E-state index in [-0.39, 0.29) is 6.04 Å². The molecular formula is C18H20N4O2S. The fourth-order valence-corrected chi connectivity index (χ4v) is 4.53. The van der Waals surface area contributed by atoms with Gasteiger partial charge in [0.2, 0.25) is 0 Å². The molecule has 0 aliphatic carbocycles. The fraction of sp³-hybridized carbons (Fsp3) is 0.333. The summed E-state index contributed by atoms with van der Waals surface area (Å²) in [4.78, 5) is 13.1. The molecule has 25 heavy (non-hydrogen) atoms. The summed E-state index contributed by atoms with van der Waals surface area (Å²) in [7, 11) is 0. The van der Waals surface area contributed by atoms with Crippen molar-refractivity contribution in [1.29, 1.82) is 0 Å². The minimum absolute atomic E-state index is 0.0194. The van der Waals surface area contributed by atoms with Crippen molar-refractivity contribution < 1.29 is 9.90 Å². The highest BCUT2D eigenvalue weighted by Gasteiger charge is 2.26. The number of aromatic nitrogens is 2. The van der Waals surface area contributed by atoms with Crippen LogP contribution in [0.2, 0.25) is 0 Å². The molecule has 2 aromatic heterocycles. The molecule has 3 heterocycles. The number of carboxylic acid groups (broad SMARTS) is 1. The smallest absolute Gasteiger partial charge is 0.404 e. The quantitative estimate of drug-likeness (QED) is 0.753. The van der Waals surface area contributed by atoms with E-state index in [0.29, 0.717) is 6.54 Å². The first-order valence-electron chi connectivity index (χ1n) is 8.32. The second-order valence-electron chi connectivity index (χ2n) is 6.49. The maximum Gasteiger partial charge on any atom is 0.404 e. The van der Waals surface area contributed by atoms with Gasteiger partial charge in [-0.3, -0.25) is 0 Å². The van der Waals surface area contributed by atoms with Crippen molar-refractivity contribution in [3.63, 3.8) is 0 Å². The van der Waals surface area contributed by atoms with Gasteiger partial charge in [0.1, 0.15) is 0 Å². The van der Waals surface area contributed by atoms with Gasteiger partial charge in [0, 0.05) is 29.9 Å². The summed E-state index contributed by atoms with van der Waals surface area (Å²) in [5.74, 6) is 0.973. The Balaban J connectivity index is 1.72. The van der Waals surface area contributed by atoms with Gasteiger partial charge in [0.15, 0.2) is 5.82 Å². The van der Waals surface area contributed by atoms with E-state index in [1.54, 1.807) is 0 Å². The number of rotatable bonds is 3. The maximum absolute atomic E-state index is 10.9. The van der Waals surface area contributed by atoms with E-state index in [9.17, 15) is 4.79 Å². The monoisotopic (exact) mass is 356 g/mol. The van der Waals surface area contributed by atoms with Crippen molar-refractivity contribution >= 4 is 33.4 Å². The van der Waals surface area contributed by atoms with Crippen LogP contribution < -0.4 is 10.2 Å². The lowest BCUT2D eigenvalue weighted by Gasteiger charge is -2.19. The Morgan fingerprint density at radius 1 is 1.28 bits per heavy atom. The third-order valence-corrected chi connectivity index (χ3v) is 5.67. The fourth-order valence-electron chi connectivity index (χ4n) is 3.62. The predicted molar refractivity (Wildman–Crippen MR) is 100 cm³/mol. The molecular weight excluding hydrogens is 336 g/mol.